The third-order valence-electron chi connectivity index (χ3n) is 2.24. The second-order valence-electron chi connectivity index (χ2n) is 3.72. The number of nitrogens with zero attached hydrogens (tertiary/aromatic N) is 1. The molecule has 0 aliphatic rings. The molecule has 0 radical (unpaired) electrons. The predicted molar refractivity (Wildman–Crippen MR) is 76.5 cm³/mol. The molecule has 5 heteroatoms. The van der Waals surface area contributed by atoms with E-state index in [0.717, 1.165) is 22.4 Å². The average molecular weight is 317 g/mol. The molecule has 0 saturated carbocycles. The zero-order valence-electron chi connectivity index (χ0n) is 10.1. The van der Waals surface area contributed by atoms with Crippen LogP contribution < -0.4 is 5.32 Å². The lowest BCUT2D eigenvalue weighted by atomic mass is 10.2. The van der Waals surface area contributed by atoms with Gasteiger partial charge >= 0.3 is 0 Å². The highest BCUT2D eigenvalue weighted by Crippen LogP contribution is 2.08. The Kier molecular flexibility index (Phi) is 6.58. The summed E-state index contributed by atoms with van der Waals surface area (Å²) in [4.78, 5) is 15.9. The third-order valence-corrected chi connectivity index (χ3v) is 3.64. The highest BCUT2D eigenvalue weighted by Gasteiger charge is 2.10. The zero-order chi connectivity index (χ0) is 12.7. The Balaban J connectivity index is 2.40. The fraction of sp³-hybridized carbons (Fsp3) is 0.500. The van der Waals surface area contributed by atoms with Crippen LogP contribution in [-0.2, 0) is 0 Å². The second kappa shape index (κ2) is 7.71. The smallest absolute Gasteiger partial charge is 0.270 e. The molecule has 0 bridgehead atoms. The first-order valence-corrected chi connectivity index (χ1v) is 7.58. The van der Waals surface area contributed by atoms with Crippen LogP contribution in [0.5, 0.6) is 0 Å². The second-order valence-corrected chi connectivity index (χ2v) is 6.03. The van der Waals surface area contributed by atoms with Crippen molar-refractivity contribution in [3.63, 3.8) is 0 Å². The van der Waals surface area contributed by atoms with Gasteiger partial charge in [-0.1, -0.05) is 6.92 Å². The molecule has 94 valence electrons. The number of carbonyl (C=O) groups excluding carboxylic acids is 1. The lowest BCUT2D eigenvalue weighted by Crippen LogP contribution is -2.33. The van der Waals surface area contributed by atoms with Gasteiger partial charge in [0.1, 0.15) is 5.69 Å². The standard InChI is InChI=1S/C12H17BrN2OS/c1-3-17-7-6-9(2)15-12(16)11-5-4-10(13)8-14-11/h4-5,8-9H,3,6-7H2,1-2H3,(H,15,16). The molecule has 1 unspecified atom stereocenters. The SMILES string of the molecule is CCSCCC(C)NC(=O)c1ccc(Br)cn1. The molecule has 0 aliphatic carbocycles. The van der Waals surface area contributed by atoms with Gasteiger partial charge in [-0.15, -0.1) is 0 Å². The van der Waals surface area contributed by atoms with Gasteiger partial charge in [0.25, 0.3) is 5.91 Å². The summed E-state index contributed by atoms with van der Waals surface area (Å²) in [6, 6.07) is 3.72. The Hall–Kier alpha value is -0.550. The molecule has 17 heavy (non-hydrogen) atoms. The van der Waals surface area contributed by atoms with Crippen molar-refractivity contribution in [2.45, 2.75) is 26.3 Å². The Morgan fingerprint density at radius 3 is 2.94 bits per heavy atom. The third kappa shape index (κ3) is 5.55. The van der Waals surface area contributed by atoms with Crippen LogP contribution in [0.2, 0.25) is 0 Å². The number of amides is 1. The van der Waals surface area contributed by atoms with Crippen LogP contribution >= 0.6 is 27.7 Å². The fourth-order valence-corrected chi connectivity index (χ4v) is 2.33. The zero-order valence-corrected chi connectivity index (χ0v) is 12.5. The van der Waals surface area contributed by atoms with Gasteiger partial charge in [-0.25, -0.2) is 4.98 Å². The molecule has 1 heterocycles. The molecule has 1 N–H and O–H groups in total. The predicted octanol–water partition coefficient (Wildman–Crippen LogP) is 3.11. The molecule has 0 fully saturated rings. The Labute approximate surface area is 115 Å². The minimum Gasteiger partial charge on any atom is -0.348 e. The van der Waals surface area contributed by atoms with Crippen molar-refractivity contribution in [2.24, 2.45) is 0 Å². The maximum Gasteiger partial charge on any atom is 0.270 e. The van der Waals surface area contributed by atoms with E-state index >= 15 is 0 Å². The molecule has 1 aromatic rings. The van der Waals surface area contributed by atoms with Crippen molar-refractivity contribution >= 4 is 33.6 Å². The Bertz CT molecular complexity index is 356. The average Bonchev–Trinajstić information content (AvgIpc) is 2.30. The molecule has 1 atom stereocenters. The monoisotopic (exact) mass is 316 g/mol. The number of rotatable bonds is 6. The molecule has 3 nitrogen and oxygen atoms in total. The number of nitrogens with one attached hydrogen (secondary N) is 1. The van der Waals surface area contributed by atoms with Gasteiger partial charge in [0.2, 0.25) is 0 Å². The van der Waals surface area contributed by atoms with Gasteiger partial charge in [-0.2, -0.15) is 11.8 Å². The van der Waals surface area contributed by atoms with Crippen molar-refractivity contribution in [2.75, 3.05) is 11.5 Å². The normalized spacial score (nSPS) is 12.2. The van der Waals surface area contributed by atoms with Crippen molar-refractivity contribution in [3.05, 3.63) is 28.5 Å². The minimum atomic E-state index is -0.105. The summed E-state index contributed by atoms with van der Waals surface area (Å²) in [5, 5.41) is 2.94. The number of carbonyl (C=O) groups is 1. The summed E-state index contributed by atoms with van der Waals surface area (Å²) in [5.74, 6) is 2.09. The van der Waals surface area contributed by atoms with Crippen LogP contribution in [0, 0.1) is 0 Å². The maximum atomic E-state index is 11.8. The first-order valence-electron chi connectivity index (χ1n) is 5.63. The molecule has 0 saturated heterocycles. The van der Waals surface area contributed by atoms with Crippen molar-refractivity contribution in [1.29, 1.82) is 0 Å². The van der Waals surface area contributed by atoms with E-state index in [9.17, 15) is 4.79 Å². The van der Waals surface area contributed by atoms with Crippen LogP contribution in [0.1, 0.15) is 30.8 Å². The van der Waals surface area contributed by atoms with E-state index in [1.807, 2.05) is 24.8 Å². The van der Waals surface area contributed by atoms with E-state index in [-0.39, 0.29) is 11.9 Å². The summed E-state index contributed by atoms with van der Waals surface area (Å²) in [6.07, 6.45) is 2.62. The lowest BCUT2D eigenvalue weighted by Gasteiger charge is -2.12. The first-order chi connectivity index (χ1) is 8.13. The molecule has 0 aliphatic heterocycles. The summed E-state index contributed by atoms with van der Waals surface area (Å²) in [7, 11) is 0. The van der Waals surface area contributed by atoms with E-state index in [0.29, 0.717) is 5.69 Å². The van der Waals surface area contributed by atoms with Gasteiger partial charge in [0.15, 0.2) is 0 Å². The van der Waals surface area contributed by atoms with Gasteiger partial charge < -0.3 is 5.32 Å². The van der Waals surface area contributed by atoms with Crippen LogP contribution in [0.25, 0.3) is 0 Å². The van der Waals surface area contributed by atoms with Crippen LogP contribution in [0.15, 0.2) is 22.8 Å². The molecular weight excluding hydrogens is 300 g/mol. The van der Waals surface area contributed by atoms with Gasteiger partial charge in [-0.3, -0.25) is 4.79 Å². The van der Waals surface area contributed by atoms with E-state index in [1.165, 1.54) is 0 Å². The van der Waals surface area contributed by atoms with Gasteiger partial charge in [-0.05, 0) is 52.9 Å². The number of hydrogen-bond acceptors (Lipinski definition) is 3. The number of halogens is 1. The fourth-order valence-electron chi connectivity index (χ4n) is 1.28. The summed E-state index contributed by atoms with van der Waals surface area (Å²) < 4.78 is 0.876. The van der Waals surface area contributed by atoms with Crippen LogP contribution in [0.3, 0.4) is 0 Å². The number of aromatic nitrogens is 1. The molecule has 0 spiro atoms. The number of thioether (sulfide) groups is 1. The van der Waals surface area contributed by atoms with E-state index in [4.69, 9.17) is 0 Å². The van der Waals surface area contributed by atoms with Crippen LogP contribution in [0.4, 0.5) is 0 Å². The highest BCUT2D eigenvalue weighted by molar-refractivity contribution is 9.10. The van der Waals surface area contributed by atoms with Crippen molar-refractivity contribution in [1.82, 2.24) is 10.3 Å². The van der Waals surface area contributed by atoms with Crippen molar-refractivity contribution in [3.8, 4) is 0 Å². The maximum absolute atomic E-state index is 11.8. The largest absolute Gasteiger partial charge is 0.348 e. The molecule has 1 aromatic heterocycles. The summed E-state index contributed by atoms with van der Waals surface area (Å²) >= 11 is 5.18. The summed E-state index contributed by atoms with van der Waals surface area (Å²) in [6.45, 7) is 4.16. The first kappa shape index (κ1) is 14.5. The number of pyridine rings is 1. The topological polar surface area (TPSA) is 42.0 Å². The summed E-state index contributed by atoms with van der Waals surface area (Å²) in [5.41, 5.74) is 0.461. The van der Waals surface area contributed by atoms with E-state index < -0.39 is 0 Å². The molecule has 1 amide bonds. The van der Waals surface area contributed by atoms with E-state index in [1.54, 1.807) is 12.3 Å². The van der Waals surface area contributed by atoms with Gasteiger partial charge in [0.05, 0.1) is 0 Å². The molecule has 1 rings (SSSR count). The molecular formula is C12H17BrN2OS. The van der Waals surface area contributed by atoms with Gasteiger partial charge in [0, 0.05) is 16.7 Å². The van der Waals surface area contributed by atoms with E-state index in [2.05, 4.69) is 33.2 Å². The Morgan fingerprint density at radius 1 is 1.59 bits per heavy atom. The molecule has 0 aromatic carbocycles. The minimum absolute atomic E-state index is 0.105. The lowest BCUT2D eigenvalue weighted by molar-refractivity contribution is 0.0934. The Morgan fingerprint density at radius 2 is 2.35 bits per heavy atom. The number of hydrogen-bond donors (Lipinski definition) is 1. The highest BCUT2D eigenvalue weighted by atomic mass is 79.9. The van der Waals surface area contributed by atoms with Crippen LogP contribution in [-0.4, -0.2) is 28.4 Å². The quantitative estimate of drug-likeness (QED) is 0.820. The van der Waals surface area contributed by atoms with Crippen molar-refractivity contribution < 1.29 is 4.79 Å².